The van der Waals surface area contributed by atoms with E-state index >= 15 is 0 Å². The molecule has 1 aliphatic rings. The van der Waals surface area contributed by atoms with Gasteiger partial charge in [-0.1, -0.05) is 19.1 Å². The van der Waals surface area contributed by atoms with Gasteiger partial charge in [0, 0.05) is 30.1 Å². The lowest BCUT2D eigenvalue weighted by atomic mass is 9.76. The van der Waals surface area contributed by atoms with Gasteiger partial charge in [-0.3, -0.25) is 9.59 Å². The van der Waals surface area contributed by atoms with Crippen LogP contribution in [-0.4, -0.2) is 33.7 Å². The van der Waals surface area contributed by atoms with Crippen molar-refractivity contribution in [2.45, 2.75) is 36.6 Å². The molecule has 0 spiro atoms. The maximum atomic E-state index is 13.4. The number of carbonyl (C=O) groups excluding carboxylic acids is 2. The van der Waals surface area contributed by atoms with Crippen LogP contribution in [0.2, 0.25) is 0 Å². The molecule has 0 saturated carbocycles. The third kappa shape index (κ3) is 3.00. The Bertz CT molecular complexity index is 798. The quantitative estimate of drug-likeness (QED) is 0.344. The number of hydrogen-bond acceptors (Lipinski definition) is 4. The first-order chi connectivity index (χ1) is 12.0. The van der Waals surface area contributed by atoms with Crippen molar-refractivity contribution in [1.29, 1.82) is 0 Å². The van der Waals surface area contributed by atoms with Crippen LogP contribution >= 0.6 is 0 Å². The Labute approximate surface area is 150 Å². The number of carbonyl (C=O) groups is 2. The van der Waals surface area contributed by atoms with Crippen LogP contribution in [0.4, 0.5) is 0 Å². The summed E-state index contributed by atoms with van der Waals surface area (Å²) in [5, 5.41) is 0. The SMILES string of the molecule is CCCOC(=O)C1(C(=O)c2cccc([S+](C)[O-])c2)CCn2cccc21. The number of benzene rings is 1. The molecule has 2 heterocycles. The zero-order valence-electron chi connectivity index (χ0n) is 14.4. The summed E-state index contributed by atoms with van der Waals surface area (Å²) in [6.07, 6.45) is 4.51. The molecule has 0 amide bonds. The molecule has 2 unspecified atom stereocenters. The summed E-state index contributed by atoms with van der Waals surface area (Å²) >= 11 is -1.20. The molecule has 1 aromatic heterocycles. The second kappa shape index (κ2) is 7.06. The number of fused-ring (bicyclic) bond motifs is 1. The van der Waals surface area contributed by atoms with E-state index in [1.165, 1.54) is 0 Å². The number of nitrogens with zero attached hydrogens (tertiary/aromatic N) is 1. The molecule has 5 nitrogen and oxygen atoms in total. The van der Waals surface area contributed by atoms with Gasteiger partial charge in [0.25, 0.3) is 0 Å². The highest BCUT2D eigenvalue weighted by Crippen LogP contribution is 2.39. The van der Waals surface area contributed by atoms with Gasteiger partial charge in [0.05, 0.1) is 6.61 Å². The Morgan fingerprint density at radius 2 is 2.12 bits per heavy atom. The minimum absolute atomic E-state index is 0.285. The van der Waals surface area contributed by atoms with Crippen LogP contribution in [0.1, 0.15) is 35.8 Å². The Morgan fingerprint density at radius 1 is 1.32 bits per heavy atom. The molecule has 2 atom stereocenters. The summed E-state index contributed by atoms with van der Waals surface area (Å²) in [5.41, 5.74) is -0.274. The molecule has 0 aliphatic carbocycles. The van der Waals surface area contributed by atoms with Crippen LogP contribution in [0, 0.1) is 0 Å². The minimum Gasteiger partial charge on any atom is -0.612 e. The average Bonchev–Trinajstić information content (AvgIpc) is 3.22. The van der Waals surface area contributed by atoms with E-state index in [2.05, 4.69) is 0 Å². The van der Waals surface area contributed by atoms with E-state index in [-0.39, 0.29) is 12.4 Å². The fourth-order valence-corrected chi connectivity index (χ4v) is 3.89. The highest BCUT2D eigenvalue weighted by molar-refractivity contribution is 7.90. The summed E-state index contributed by atoms with van der Waals surface area (Å²) in [5.74, 6) is -0.793. The van der Waals surface area contributed by atoms with Crippen LogP contribution in [0.5, 0.6) is 0 Å². The molecule has 0 saturated heterocycles. The maximum absolute atomic E-state index is 13.4. The third-order valence-corrected chi connectivity index (χ3v) is 5.51. The molecule has 25 heavy (non-hydrogen) atoms. The Balaban J connectivity index is 2.06. The lowest BCUT2D eigenvalue weighted by molar-refractivity contribution is -0.148. The fourth-order valence-electron chi connectivity index (χ4n) is 3.32. The molecule has 0 fully saturated rings. The predicted molar refractivity (Wildman–Crippen MR) is 95.1 cm³/mol. The smallest absolute Gasteiger partial charge is 0.326 e. The molecular weight excluding hydrogens is 338 g/mol. The van der Waals surface area contributed by atoms with Crippen LogP contribution in [0.15, 0.2) is 47.5 Å². The van der Waals surface area contributed by atoms with Crippen molar-refractivity contribution >= 4 is 22.9 Å². The molecule has 3 rings (SSSR count). The second-order valence-corrected chi connectivity index (χ2v) is 7.57. The third-order valence-electron chi connectivity index (χ3n) is 4.60. The van der Waals surface area contributed by atoms with Gasteiger partial charge in [0.15, 0.2) is 16.1 Å². The molecule has 1 aromatic carbocycles. The Morgan fingerprint density at radius 3 is 2.84 bits per heavy atom. The first kappa shape index (κ1) is 17.8. The summed E-state index contributed by atoms with van der Waals surface area (Å²) in [6.45, 7) is 2.79. The van der Waals surface area contributed by atoms with Crippen LogP contribution in [-0.2, 0) is 32.7 Å². The number of Topliss-reactive ketones (excluding diaryl/α,β-unsaturated/α-hetero) is 1. The van der Waals surface area contributed by atoms with Crippen molar-refractivity contribution in [3.63, 3.8) is 0 Å². The van der Waals surface area contributed by atoms with Crippen LogP contribution < -0.4 is 0 Å². The van der Waals surface area contributed by atoms with E-state index in [9.17, 15) is 14.1 Å². The van der Waals surface area contributed by atoms with Gasteiger partial charge < -0.3 is 13.9 Å². The zero-order valence-corrected chi connectivity index (χ0v) is 15.2. The van der Waals surface area contributed by atoms with E-state index < -0.39 is 22.6 Å². The summed E-state index contributed by atoms with van der Waals surface area (Å²) in [4.78, 5) is 26.9. The maximum Gasteiger partial charge on any atom is 0.326 e. The van der Waals surface area contributed by atoms with Crippen LogP contribution in [0.25, 0.3) is 0 Å². The minimum atomic E-state index is -1.33. The number of rotatable bonds is 6. The summed E-state index contributed by atoms with van der Waals surface area (Å²) < 4.78 is 19.1. The van der Waals surface area contributed by atoms with Gasteiger partial charge in [-0.05, 0) is 42.2 Å². The van der Waals surface area contributed by atoms with E-state index in [1.807, 2.05) is 23.8 Å². The first-order valence-electron chi connectivity index (χ1n) is 8.32. The molecule has 0 bridgehead atoms. The van der Waals surface area contributed by atoms with Crippen molar-refractivity contribution in [1.82, 2.24) is 4.57 Å². The lowest BCUT2D eigenvalue weighted by Gasteiger charge is -2.25. The number of aryl methyl sites for hydroxylation is 1. The van der Waals surface area contributed by atoms with Crippen molar-refractivity contribution in [2.24, 2.45) is 0 Å². The second-order valence-electron chi connectivity index (χ2n) is 6.19. The van der Waals surface area contributed by atoms with Crippen molar-refractivity contribution < 1.29 is 18.9 Å². The van der Waals surface area contributed by atoms with Crippen molar-refractivity contribution in [2.75, 3.05) is 12.9 Å². The Hall–Kier alpha value is -2.05. The highest BCUT2D eigenvalue weighted by atomic mass is 32.2. The standard InChI is InChI=1S/C19H21NO4S/c1-3-12-24-18(22)19(9-11-20-10-5-8-16(19)20)17(21)14-6-4-7-15(13-14)25(2)23/h4-8,10,13H,3,9,11-12H2,1-2H3. The monoisotopic (exact) mass is 359 g/mol. The van der Waals surface area contributed by atoms with Crippen molar-refractivity contribution in [3.05, 3.63) is 53.9 Å². The van der Waals surface area contributed by atoms with Crippen LogP contribution in [0.3, 0.4) is 0 Å². The molecule has 0 N–H and O–H groups in total. The summed E-state index contributed by atoms with van der Waals surface area (Å²) in [6, 6.07) is 10.3. The van der Waals surface area contributed by atoms with Gasteiger partial charge in [-0.2, -0.15) is 0 Å². The Kier molecular flexibility index (Phi) is 5.01. The number of ketones is 1. The topological polar surface area (TPSA) is 71.4 Å². The van der Waals surface area contributed by atoms with Gasteiger partial charge >= 0.3 is 5.97 Å². The number of ether oxygens (including phenoxy) is 1. The molecule has 132 valence electrons. The van der Waals surface area contributed by atoms with E-state index in [4.69, 9.17) is 4.74 Å². The van der Waals surface area contributed by atoms with Gasteiger partial charge in [-0.25, -0.2) is 0 Å². The fraction of sp³-hybridized carbons (Fsp3) is 0.368. The van der Waals surface area contributed by atoms with Gasteiger partial charge in [0.2, 0.25) is 0 Å². The molecule has 0 radical (unpaired) electrons. The average molecular weight is 359 g/mol. The van der Waals surface area contributed by atoms with E-state index in [1.54, 1.807) is 36.6 Å². The molecular formula is C19H21NO4S. The molecule has 2 aromatic rings. The predicted octanol–water partition coefficient (Wildman–Crippen LogP) is 2.70. The lowest BCUT2D eigenvalue weighted by Crippen LogP contribution is -2.43. The van der Waals surface area contributed by atoms with E-state index in [0.717, 1.165) is 0 Å². The normalized spacial score (nSPS) is 20.1. The molecule has 1 aliphatic heterocycles. The van der Waals surface area contributed by atoms with Gasteiger partial charge in [0.1, 0.15) is 6.26 Å². The van der Waals surface area contributed by atoms with Crippen molar-refractivity contribution in [3.8, 4) is 0 Å². The largest absolute Gasteiger partial charge is 0.612 e. The highest BCUT2D eigenvalue weighted by Gasteiger charge is 2.53. The number of aromatic nitrogens is 1. The first-order valence-corrected chi connectivity index (χ1v) is 9.87. The molecule has 6 heteroatoms. The van der Waals surface area contributed by atoms with Gasteiger partial charge in [-0.15, -0.1) is 0 Å². The number of esters is 1. The number of hydrogen-bond donors (Lipinski definition) is 0. The zero-order chi connectivity index (χ0) is 18.0. The summed E-state index contributed by atoms with van der Waals surface area (Å²) in [7, 11) is 0. The van der Waals surface area contributed by atoms with E-state index in [0.29, 0.717) is 35.5 Å².